The largest absolute Gasteiger partial charge is 0.497 e. The van der Waals surface area contributed by atoms with E-state index in [-0.39, 0.29) is 0 Å². The second-order valence-corrected chi connectivity index (χ2v) is 6.71. The van der Waals surface area contributed by atoms with Gasteiger partial charge < -0.3 is 10.5 Å². The topological polar surface area (TPSA) is 35.2 Å². The number of fused-ring (bicyclic) bond motifs is 2. The normalized spacial score (nSPS) is 29.7. The summed E-state index contributed by atoms with van der Waals surface area (Å²) in [6.45, 7) is 0. The Morgan fingerprint density at radius 1 is 1.33 bits per heavy atom. The SMILES string of the molecule is COc1ccc(N)c(SCC2CC3CCC2C3)c1. The molecule has 3 rings (SSSR count). The van der Waals surface area contributed by atoms with Crippen molar-refractivity contribution in [2.75, 3.05) is 18.6 Å². The first-order valence-electron chi connectivity index (χ1n) is 6.82. The smallest absolute Gasteiger partial charge is 0.120 e. The van der Waals surface area contributed by atoms with Gasteiger partial charge in [0.1, 0.15) is 5.75 Å². The van der Waals surface area contributed by atoms with Crippen molar-refractivity contribution in [3.63, 3.8) is 0 Å². The Morgan fingerprint density at radius 2 is 2.22 bits per heavy atom. The molecule has 2 N–H and O–H groups in total. The summed E-state index contributed by atoms with van der Waals surface area (Å²) in [4.78, 5) is 1.18. The molecule has 0 aromatic heterocycles. The minimum Gasteiger partial charge on any atom is -0.497 e. The van der Waals surface area contributed by atoms with Gasteiger partial charge in [0.05, 0.1) is 7.11 Å². The lowest BCUT2D eigenvalue weighted by Crippen LogP contribution is -2.12. The van der Waals surface area contributed by atoms with Gasteiger partial charge in [0.2, 0.25) is 0 Å². The number of hydrogen-bond donors (Lipinski definition) is 1. The van der Waals surface area contributed by atoms with Gasteiger partial charge in [0, 0.05) is 16.3 Å². The quantitative estimate of drug-likeness (QED) is 0.663. The highest BCUT2D eigenvalue weighted by Gasteiger charge is 2.39. The number of hydrogen-bond acceptors (Lipinski definition) is 3. The number of rotatable bonds is 4. The molecular weight excluding hydrogens is 242 g/mol. The van der Waals surface area contributed by atoms with E-state index in [0.29, 0.717) is 0 Å². The molecule has 1 aromatic carbocycles. The van der Waals surface area contributed by atoms with E-state index in [1.807, 2.05) is 23.9 Å². The van der Waals surface area contributed by atoms with Crippen LogP contribution in [0.2, 0.25) is 0 Å². The van der Waals surface area contributed by atoms with Crippen molar-refractivity contribution < 1.29 is 4.74 Å². The summed E-state index contributed by atoms with van der Waals surface area (Å²) in [6, 6.07) is 5.94. The fourth-order valence-corrected chi connectivity index (χ4v) is 4.78. The van der Waals surface area contributed by atoms with Gasteiger partial charge in [-0.05, 0) is 55.2 Å². The maximum absolute atomic E-state index is 6.03. The standard InChI is InChI=1S/C15H21NOS/c1-17-13-4-5-14(16)15(8-13)18-9-12-7-10-2-3-11(12)6-10/h4-5,8,10-12H,2-3,6-7,9,16H2,1H3. The van der Waals surface area contributed by atoms with Crippen molar-refractivity contribution in [3.8, 4) is 5.75 Å². The van der Waals surface area contributed by atoms with Crippen LogP contribution in [0.4, 0.5) is 5.69 Å². The summed E-state index contributed by atoms with van der Waals surface area (Å²) in [6.07, 6.45) is 5.87. The van der Waals surface area contributed by atoms with Crippen LogP contribution < -0.4 is 10.5 Å². The number of ether oxygens (including phenoxy) is 1. The van der Waals surface area contributed by atoms with Gasteiger partial charge in [-0.15, -0.1) is 11.8 Å². The monoisotopic (exact) mass is 263 g/mol. The molecule has 3 atom stereocenters. The first-order chi connectivity index (χ1) is 8.76. The Kier molecular flexibility index (Phi) is 3.42. The van der Waals surface area contributed by atoms with Crippen LogP contribution in [0.25, 0.3) is 0 Å². The van der Waals surface area contributed by atoms with E-state index in [0.717, 1.165) is 29.2 Å². The van der Waals surface area contributed by atoms with Crippen LogP contribution in [-0.4, -0.2) is 12.9 Å². The summed E-state index contributed by atoms with van der Waals surface area (Å²) in [5.74, 6) is 5.06. The first kappa shape index (κ1) is 12.2. The molecule has 3 unspecified atom stereocenters. The molecular formula is C15H21NOS. The van der Waals surface area contributed by atoms with E-state index in [4.69, 9.17) is 10.5 Å². The summed E-state index contributed by atoms with van der Waals surface area (Å²) in [5, 5.41) is 0. The third kappa shape index (κ3) is 2.33. The number of thioether (sulfide) groups is 1. The molecule has 0 saturated heterocycles. The van der Waals surface area contributed by atoms with Gasteiger partial charge in [-0.1, -0.05) is 6.42 Å². The lowest BCUT2D eigenvalue weighted by Gasteiger charge is -2.21. The van der Waals surface area contributed by atoms with Crippen molar-refractivity contribution >= 4 is 17.4 Å². The summed E-state index contributed by atoms with van der Waals surface area (Å²) < 4.78 is 5.26. The number of nitrogen functional groups attached to an aromatic ring is 1. The lowest BCUT2D eigenvalue weighted by atomic mass is 9.90. The van der Waals surface area contributed by atoms with Crippen LogP contribution >= 0.6 is 11.8 Å². The van der Waals surface area contributed by atoms with E-state index in [1.54, 1.807) is 7.11 Å². The van der Waals surface area contributed by atoms with Crippen molar-refractivity contribution in [1.82, 2.24) is 0 Å². The number of benzene rings is 1. The van der Waals surface area contributed by atoms with E-state index >= 15 is 0 Å². The molecule has 98 valence electrons. The molecule has 3 heteroatoms. The zero-order valence-electron chi connectivity index (χ0n) is 10.9. The van der Waals surface area contributed by atoms with E-state index in [2.05, 4.69) is 6.07 Å². The Labute approximate surface area is 113 Å². The van der Waals surface area contributed by atoms with Gasteiger partial charge in [0.15, 0.2) is 0 Å². The predicted octanol–water partition coefficient (Wildman–Crippen LogP) is 3.81. The van der Waals surface area contributed by atoms with Crippen molar-refractivity contribution in [2.24, 2.45) is 17.8 Å². The fraction of sp³-hybridized carbons (Fsp3) is 0.600. The van der Waals surface area contributed by atoms with E-state index in [1.165, 1.54) is 36.3 Å². The molecule has 0 aliphatic heterocycles. The van der Waals surface area contributed by atoms with Gasteiger partial charge in [-0.3, -0.25) is 0 Å². The molecule has 0 spiro atoms. The third-order valence-corrected chi connectivity index (χ3v) is 5.82. The highest BCUT2D eigenvalue weighted by molar-refractivity contribution is 7.99. The zero-order valence-corrected chi connectivity index (χ0v) is 11.7. The Morgan fingerprint density at radius 3 is 2.89 bits per heavy atom. The Bertz CT molecular complexity index is 435. The third-order valence-electron chi connectivity index (χ3n) is 4.56. The molecule has 2 saturated carbocycles. The number of methoxy groups -OCH3 is 1. The molecule has 18 heavy (non-hydrogen) atoms. The van der Waals surface area contributed by atoms with Crippen molar-refractivity contribution in [2.45, 2.75) is 30.6 Å². The van der Waals surface area contributed by atoms with Gasteiger partial charge >= 0.3 is 0 Å². The number of nitrogens with two attached hydrogens (primary N) is 1. The first-order valence-corrected chi connectivity index (χ1v) is 7.81. The van der Waals surface area contributed by atoms with Crippen LogP contribution in [0.3, 0.4) is 0 Å². The molecule has 0 radical (unpaired) electrons. The molecule has 2 aliphatic carbocycles. The average Bonchev–Trinajstić information content (AvgIpc) is 3.00. The summed E-state index contributed by atoms with van der Waals surface area (Å²) >= 11 is 1.91. The van der Waals surface area contributed by atoms with Crippen molar-refractivity contribution in [3.05, 3.63) is 18.2 Å². The van der Waals surface area contributed by atoms with Gasteiger partial charge in [0.25, 0.3) is 0 Å². The average molecular weight is 263 g/mol. The van der Waals surface area contributed by atoms with Crippen LogP contribution in [0.1, 0.15) is 25.7 Å². The second-order valence-electron chi connectivity index (χ2n) is 5.65. The molecule has 1 aromatic rings. The van der Waals surface area contributed by atoms with Gasteiger partial charge in [-0.25, -0.2) is 0 Å². The maximum Gasteiger partial charge on any atom is 0.120 e. The molecule has 2 fully saturated rings. The maximum atomic E-state index is 6.03. The summed E-state index contributed by atoms with van der Waals surface area (Å²) in [5.41, 5.74) is 6.91. The van der Waals surface area contributed by atoms with Crippen LogP contribution in [0.5, 0.6) is 5.75 Å². The lowest BCUT2D eigenvalue weighted by molar-refractivity contribution is 0.365. The van der Waals surface area contributed by atoms with Crippen LogP contribution in [0.15, 0.2) is 23.1 Å². The van der Waals surface area contributed by atoms with E-state index in [9.17, 15) is 0 Å². The Balaban J connectivity index is 1.62. The second kappa shape index (κ2) is 5.04. The molecule has 2 aliphatic rings. The fourth-order valence-electron chi connectivity index (χ4n) is 3.54. The van der Waals surface area contributed by atoms with Crippen molar-refractivity contribution in [1.29, 1.82) is 0 Å². The molecule has 2 nitrogen and oxygen atoms in total. The van der Waals surface area contributed by atoms with Crippen LogP contribution in [-0.2, 0) is 0 Å². The number of anilines is 1. The highest BCUT2D eigenvalue weighted by atomic mass is 32.2. The van der Waals surface area contributed by atoms with Gasteiger partial charge in [-0.2, -0.15) is 0 Å². The summed E-state index contributed by atoms with van der Waals surface area (Å²) in [7, 11) is 1.70. The predicted molar refractivity (Wildman–Crippen MR) is 77.1 cm³/mol. The molecule has 0 amide bonds. The molecule has 0 heterocycles. The highest BCUT2D eigenvalue weighted by Crippen LogP contribution is 2.50. The van der Waals surface area contributed by atoms with E-state index < -0.39 is 0 Å². The Hall–Kier alpha value is -0.830. The molecule has 2 bridgehead atoms. The minimum absolute atomic E-state index is 0.879. The zero-order chi connectivity index (χ0) is 12.5. The minimum atomic E-state index is 0.879. The van der Waals surface area contributed by atoms with Crippen LogP contribution in [0, 0.1) is 17.8 Å².